The quantitative estimate of drug-likeness (QED) is 0.500. The maximum absolute atomic E-state index is 3.87. The van der Waals surface area contributed by atoms with E-state index in [1.54, 1.807) is 0 Å². The van der Waals surface area contributed by atoms with Crippen molar-refractivity contribution in [2.24, 2.45) is 11.8 Å². The highest BCUT2D eigenvalue weighted by molar-refractivity contribution is 4.58. The molecule has 0 aromatic carbocycles. The second kappa shape index (κ2) is 4.77. The second-order valence-electron chi connectivity index (χ2n) is 2.89. The van der Waals surface area contributed by atoms with Gasteiger partial charge in [0, 0.05) is 5.92 Å². The second-order valence-corrected chi connectivity index (χ2v) is 2.89. The topological polar surface area (TPSA) is 55.3 Å². The van der Waals surface area contributed by atoms with Gasteiger partial charge < -0.3 is 11.5 Å². The molecule has 0 spiro atoms. The van der Waals surface area contributed by atoms with Crippen LogP contribution in [0, 0.1) is 11.8 Å². The average Bonchev–Trinajstić information content (AvgIpc) is 1.87. The summed E-state index contributed by atoms with van der Waals surface area (Å²) < 4.78 is 0. The third-order valence-electron chi connectivity index (χ3n) is 2.09. The standard InChI is InChI=1S/C7H18N2/c1-6(3-4-8)7(2)5-9/h6-7H,3-5,8-9H2,1-2H3/p+2. The zero-order valence-electron chi connectivity index (χ0n) is 6.69. The first-order chi connectivity index (χ1) is 4.22. The Kier molecular flexibility index (Phi) is 4.72. The summed E-state index contributed by atoms with van der Waals surface area (Å²) in [4.78, 5) is 0. The van der Waals surface area contributed by atoms with E-state index in [9.17, 15) is 0 Å². The van der Waals surface area contributed by atoms with E-state index in [0.29, 0.717) is 0 Å². The van der Waals surface area contributed by atoms with Gasteiger partial charge >= 0.3 is 0 Å². The van der Waals surface area contributed by atoms with Gasteiger partial charge in [0.05, 0.1) is 13.1 Å². The van der Waals surface area contributed by atoms with Crippen molar-refractivity contribution in [3.8, 4) is 0 Å². The van der Waals surface area contributed by atoms with Crippen LogP contribution >= 0.6 is 0 Å². The van der Waals surface area contributed by atoms with Crippen molar-refractivity contribution in [1.82, 2.24) is 0 Å². The summed E-state index contributed by atoms with van der Waals surface area (Å²) in [6.07, 6.45) is 1.25. The third-order valence-corrected chi connectivity index (χ3v) is 2.09. The molecule has 0 aromatic rings. The average molecular weight is 132 g/mol. The smallest absolute Gasteiger partial charge is 0.0768 e. The SMILES string of the molecule is CC(C[NH3+])C(C)CC[NH3+]. The molecule has 0 aromatic heterocycles. The fourth-order valence-electron chi connectivity index (χ4n) is 0.891. The van der Waals surface area contributed by atoms with E-state index in [2.05, 4.69) is 25.3 Å². The van der Waals surface area contributed by atoms with Crippen molar-refractivity contribution in [3.63, 3.8) is 0 Å². The molecule has 0 saturated heterocycles. The van der Waals surface area contributed by atoms with Crippen LogP contribution in [-0.2, 0) is 0 Å². The maximum atomic E-state index is 3.87. The molecule has 56 valence electrons. The first-order valence-corrected chi connectivity index (χ1v) is 3.80. The molecule has 0 heterocycles. The summed E-state index contributed by atoms with van der Waals surface area (Å²) >= 11 is 0. The molecule has 0 aliphatic carbocycles. The first kappa shape index (κ1) is 8.92. The summed E-state index contributed by atoms with van der Waals surface area (Å²) in [5.41, 5.74) is 7.69. The Labute approximate surface area is 57.6 Å². The molecule has 0 aliphatic rings. The van der Waals surface area contributed by atoms with Gasteiger partial charge in [-0.3, -0.25) is 0 Å². The predicted octanol–water partition coefficient (Wildman–Crippen LogP) is -0.867. The summed E-state index contributed by atoms with van der Waals surface area (Å²) in [5.74, 6) is 1.58. The van der Waals surface area contributed by atoms with Crippen LogP contribution in [0.3, 0.4) is 0 Å². The van der Waals surface area contributed by atoms with Crippen molar-refractivity contribution in [1.29, 1.82) is 0 Å². The Bertz CT molecular complexity index is 63.9. The monoisotopic (exact) mass is 132 g/mol. The molecule has 2 atom stereocenters. The van der Waals surface area contributed by atoms with E-state index < -0.39 is 0 Å². The van der Waals surface area contributed by atoms with E-state index in [0.717, 1.165) is 24.9 Å². The molecule has 2 unspecified atom stereocenters. The zero-order chi connectivity index (χ0) is 7.28. The lowest BCUT2D eigenvalue weighted by atomic mass is 9.93. The normalized spacial score (nSPS) is 17.3. The first-order valence-electron chi connectivity index (χ1n) is 3.80. The highest BCUT2D eigenvalue weighted by atomic mass is 14.6. The van der Waals surface area contributed by atoms with Crippen LogP contribution in [0.2, 0.25) is 0 Å². The number of rotatable bonds is 4. The van der Waals surface area contributed by atoms with Gasteiger partial charge in [0.25, 0.3) is 0 Å². The summed E-state index contributed by atoms with van der Waals surface area (Å²) in [6.45, 7) is 6.65. The van der Waals surface area contributed by atoms with Crippen molar-refractivity contribution >= 4 is 0 Å². The van der Waals surface area contributed by atoms with Gasteiger partial charge in [0.2, 0.25) is 0 Å². The highest BCUT2D eigenvalue weighted by Gasteiger charge is 2.10. The Morgan fingerprint density at radius 1 is 1.11 bits per heavy atom. The zero-order valence-corrected chi connectivity index (χ0v) is 6.69. The van der Waals surface area contributed by atoms with Gasteiger partial charge in [0.15, 0.2) is 0 Å². The number of quaternary nitrogens is 2. The molecule has 0 saturated carbocycles. The lowest BCUT2D eigenvalue weighted by Crippen LogP contribution is -2.55. The third kappa shape index (κ3) is 3.49. The van der Waals surface area contributed by atoms with Crippen molar-refractivity contribution in [3.05, 3.63) is 0 Å². The van der Waals surface area contributed by atoms with E-state index in [4.69, 9.17) is 0 Å². The lowest BCUT2D eigenvalue weighted by molar-refractivity contribution is -0.385. The summed E-state index contributed by atoms with van der Waals surface area (Å²) in [5, 5.41) is 0. The van der Waals surface area contributed by atoms with E-state index >= 15 is 0 Å². The van der Waals surface area contributed by atoms with Crippen LogP contribution in [0.15, 0.2) is 0 Å². The fourth-order valence-corrected chi connectivity index (χ4v) is 0.891. The number of hydrogen-bond donors (Lipinski definition) is 2. The van der Waals surface area contributed by atoms with E-state index in [1.807, 2.05) is 0 Å². The molecule has 6 N–H and O–H groups in total. The van der Waals surface area contributed by atoms with Gasteiger partial charge in [-0.25, -0.2) is 0 Å². The van der Waals surface area contributed by atoms with E-state index in [-0.39, 0.29) is 0 Å². The predicted molar refractivity (Wildman–Crippen MR) is 38.5 cm³/mol. The molecule has 2 nitrogen and oxygen atoms in total. The minimum Gasteiger partial charge on any atom is -0.358 e. The van der Waals surface area contributed by atoms with Gasteiger partial charge in [-0.15, -0.1) is 0 Å². The Morgan fingerprint density at radius 3 is 2.00 bits per heavy atom. The van der Waals surface area contributed by atoms with Crippen LogP contribution < -0.4 is 11.5 Å². The fraction of sp³-hybridized carbons (Fsp3) is 1.00. The van der Waals surface area contributed by atoms with Gasteiger partial charge in [-0.2, -0.15) is 0 Å². The highest BCUT2D eigenvalue weighted by Crippen LogP contribution is 2.10. The minimum atomic E-state index is 0.770. The molecule has 9 heavy (non-hydrogen) atoms. The van der Waals surface area contributed by atoms with Gasteiger partial charge in [-0.1, -0.05) is 13.8 Å². The molecule has 0 aliphatic heterocycles. The van der Waals surface area contributed by atoms with E-state index in [1.165, 1.54) is 6.42 Å². The maximum Gasteiger partial charge on any atom is 0.0768 e. The Morgan fingerprint density at radius 2 is 1.67 bits per heavy atom. The van der Waals surface area contributed by atoms with Crippen molar-refractivity contribution in [2.45, 2.75) is 20.3 Å². The molecule has 0 bridgehead atoms. The van der Waals surface area contributed by atoms with Crippen molar-refractivity contribution in [2.75, 3.05) is 13.1 Å². The van der Waals surface area contributed by atoms with Crippen LogP contribution in [0.5, 0.6) is 0 Å². The van der Waals surface area contributed by atoms with Gasteiger partial charge in [0.1, 0.15) is 0 Å². The lowest BCUT2D eigenvalue weighted by Gasteiger charge is -2.13. The molecule has 0 rings (SSSR count). The van der Waals surface area contributed by atoms with Crippen LogP contribution in [-0.4, -0.2) is 13.1 Å². The molecular formula is C7H20N2+2. The Hall–Kier alpha value is -0.0800. The van der Waals surface area contributed by atoms with Crippen LogP contribution in [0.1, 0.15) is 20.3 Å². The largest absolute Gasteiger partial charge is 0.358 e. The minimum absolute atomic E-state index is 0.770. The molecule has 2 heteroatoms. The molecule has 0 radical (unpaired) electrons. The molecule has 0 fully saturated rings. The summed E-state index contributed by atoms with van der Waals surface area (Å²) in [6, 6.07) is 0. The van der Waals surface area contributed by atoms with Crippen LogP contribution in [0.25, 0.3) is 0 Å². The number of hydrogen-bond acceptors (Lipinski definition) is 0. The molecule has 0 amide bonds. The van der Waals surface area contributed by atoms with Gasteiger partial charge in [-0.05, 0) is 12.3 Å². The van der Waals surface area contributed by atoms with Crippen LogP contribution in [0.4, 0.5) is 0 Å². The Balaban J connectivity index is 3.32. The molecular weight excluding hydrogens is 112 g/mol. The van der Waals surface area contributed by atoms with Crippen molar-refractivity contribution < 1.29 is 11.5 Å². The summed E-state index contributed by atoms with van der Waals surface area (Å²) in [7, 11) is 0.